The summed E-state index contributed by atoms with van der Waals surface area (Å²) in [5.74, 6) is 0.279. The number of nitrogens with one attached hydrogen (secondary N) is 1. The van der Waals surface area contributed by atoms with Gasteiger partial charge in [0.05, 0.1) is 4.90 Å². The summed E-state index contributed by atoms with van der Waals surface area (Å²) in [6, 6.07) is 18.8. The number of likely N-dealkylation sites (N-methyl/N-ethyl adjacent to an activating group) is 1. The predicted molar refractivity (Wildman–Crippen MR) is 118 cm³/mol. The van der Waals surface area contributed by atoms with Crippen molar-refractivity contribution in [1.29, 1.82) is 0 Å². The van der Waals surface area contributed by atoms with Gasteiger partial charge < -0.3 is 10.2 Å². The van der Waals surface area contributed by atoms with Crippen LogP contribution < -0.4 is 5.32 Å². The molecule has 0 bridgehead atoms. The standard InChI is InChI=1S/C23H31N3O3S/c1-25(19-21-8-4-2-5-9-21)17-14-24-23(27)18-20-12-15-26(16-13-20)30(28,29)22-10-6-3-7-11-22/h2-11,20H,12-19H2,1H3,(H,24,27). The minimum absolute atomic E-state index is 0.0486. The summed E-state index contributed by atoms with van der Waals surface area (Å²) in [6.07, 6.45) is 1.89. The van der Waals surface area contributed by atoms with Gasteiger partial charge in [0.2, 0.25) is 15.9 Å². The lowest BCUT2D eigenvalue weighted by molar-refractivity contribution is -0.122. The first-order chi connectivity index (χ1) is 14.4. The Balaban J connectivity index is 1.36. The fraction of sp³-hybridized carbons (Fsp3) is 0.435. The third-order valence-electron chi connectivity index (χ3n) is 5.54. The number of amides is 1. The molecule has 3 rings (SSSR count). The zero-order valence-electron chi connectivity index (χ0n) is 17.5. The quantitative estimate of drug-likeness (QED) is 0.665. The van der Waals surface area contributed by atoms with Crippen LogP contribution in [0.25, 0.3) is 0 Å². The fourth-order valence-corrected chi connectivity index (χ4v) is 5.28. The molecular weight excluding hydrogens is 398 g/mol. The van der Waals surface area contributed by atoms with Gasteiger partial charge >= 0.3 is 0 Å². The van der Waals surface area contributed by atoms with E-state index in [1.165, 1.54) is 9.87 Å². The molecule has 6 nitrogen and oxygen atoms in total. The third kappa shape index (κ3) is 6.39. The van der Waals surface area contributed by atoms with Crippen LogP contribution >= 0.6 is 0 Å². The Morgan fingerprint density at radius 2 is 1.63 bits per heavy atom. The van der Waals surface area contributed by atoms with Crippen LogP contribution in [0.5, 0.6) is 0 Å². The van der Waals surface area contributed by atoms with Crippen LogP contribution in [0.15, 0.2) is 65.6 Å². The molecule has 1 amide bonds. The Morgan fingerprint density at radius 1 is 1.03 bits per heavy atom. The van der Waals surface area contributed by atoms with Gasteiger partial charge in [-0.05, 0) is 43.5 Å². The third-order valence-corrected chi connectivity index (χ3v) is 7.45. The Labute approximate surface area is 179 Å². The fourth-order valence-electron chi connectivity index (χ4n) is 3.79. The molecule has 1 fully saturated rings. The Hall–Kier alpha value is -2.22. The van der Waals surface area contributed by atoms with Gasteiger partial charge in [0.1, 0.15) is 0 Å². The van der Waals surface area contributed by atoms with E-state index in [9.17, 15) is 13.2 Å². The smallest absolute Gasteiger partial charge is 0.243 e. The molecule has 0 unspecified atom stereocenters. The van der Waals surface area contributed by atoms with Crippen LogP contribution in [-0.2, 0) is 21.4 Å². The minimum Gasteiger partial charge on any atom is -0.355 e. The van der Waals surface area contributed by atoms with Gasteiger partial charge in [-0.3, -0.25) is 4.79 Å². The monoisotopic (exact) mass is 429 g/mol. The van der Waals surface area contributed by atoms with Crippen molar-refractivity contribution in [2.24, 2.45) is 5.92 Å². The molecule has 0 radical (unpaired) electrons. The molecule has 1 N–H and O–H groups in total. The van der Waals surface area contributed by atoms with E-state index in [0.29, 0.717) is 43.8 Å². The first-order valence-electron chi connectivity index (χ1n) is 10.5. The predicted octanol–water partition coefficient (Wildman–Crippen LogP) is 2.73. The highest BCUT2D eigenvalue weighted by atomic mass is 32.2. The van der Waals surface area contributed by atoms with E-state index in [0.717, 1.165) is 13.1 Å². The number of nitrogens with zero attached hydrogens (tertiary/aromatic N) is 2. The maximum atomic E-state index is 12.7. The van der Waals surface area contributed by atoms with Crippen LogP contribution in [0.2, 0.25) is 0 Å². The normalized spacial score (nSPS) is 15.9. The average molecular weight is 430 g/mol. The van der Waals surface area contributed by atoms with Crippen LogP contribution in [0, 0.1) is 5.92 Å². The van der Waals surface area contributed by atoms with Crippen LogP contribution in [0.1, 0.15) is 24.8 Å². The number of benzene rings is 2. The van der Waals surface area contributed by atoms with E-state index in [1.54, 1.807) is 24.3 Å². The Bertz CT molecular complexity index is 896. The summed E-state index contributed by atoms with van der Waals surface area (Å²) in [5, 5.41) is 3.00. The Kier molecular flexibility index (Phi) is 8.01. The van der Waals surface area contributed by atoms with Crippen molar-refractivity contribution in [1.82, 2.24) is 14.5 Å². The van der Waals surface area contributed by atoms with E-state index in [4.69, 9.17) is 0 Å². The van der Waals surface area contributed by atoms with E-state index in [-0.39, 0.29) is 11.8 Å². The molecule has 0 aliphatic carbocycles. The molecule has 30 heavy (non-hydrogen) atoms. The van der Waals surface area contributed by atoms with E-state index < -0.39 is 10.0 Å². The summed E-state index contributed by atoms with van der Waals surface area (Å²) in [7, 11) is -1.39. The number of carbonyl (C=O) groups excluding carboxylic acids is 1. The van der Waals surface area contributed by atoms with E-state index >= 15 is 0 Å². The lowest BCUT2D eigenvalue weighted by Crippen LogP contribution is -2.40. The van der Waals surface area contributed by atoms with Gasteiger partial charge in [0, 0.05) is 39.1 Å². The van der Waals surface area contributed by atoms with Gasteiger partial charge in [-0.1, -0.05) is 48.5 Å². The number of rotatable bonds is 9. The highest BCUT2D eigenvalue weighted by Crippen LogP contribution is 2.25. The molecule has 2 aromatic rings. The summed E-state index contributed by atoms with van der Waals surface area (Å²) >= 11 is 0. The van der Waals surface area contributed by atoms with Crippen molar-refractivity contribution in [3.63, 3.8) is 0 Å². The lowest BCUT2D eigenvalue weighted by atomic mass is 9.94. The Morgan fingerprint density at radius 3 is 2.27 bits per heavy atom. The molecular formula is C23H31N3O3S. The lowest BCUT2D eigenvalue weighted by Gasteiger charge is -2.31. The van der Waals surface area contributed by atoms with Gasteiger partial charge in [0.15, 0.2) is 0 Å². The van der Waals surface area contributed by atoms with E-state index in [2.05, 4.69) is 22.3 Å². The zero-order chi connectivity index (χ0) is 21.4. The maximum Gasteiger partial charge on any atom is 0.243 e. The van der Waals surface area contributed by atoms with Gasteiger partial charge in [-0.15, -0.1) is 0 Å². The van der Waals surface area contributed by atoms with Crippen molar-refractivity contribution in [3.05, 3.63) is 66.2 Å². The van der Waals surface area contributed by atoms with Gasteiger partial charge in [-0.2, -0.15) is 4.31 Å². The zero-order valence-corrected chi connectivity index (χ0v) is 18.4. The summed E-state index contributed by atoms with van der Waals surface area (Å²) < 4.78 is 26.9. The largest absolute Gasteiger partial charge is 0.355 e. The van der Waals surface area contributed by atoms with Crippen molar-refractivity contribution in [3.8, 4) is 0 Å². The second-order valence-corrected chi connectivity index (χ2v) is 9.88. The topological polar surface area (TPSA) is 69.7 Å². The molecule has 0 spiro atoms. The molecule has 2 aromatic carbocycles. The molecule has 162 valence electrons. The number of carbonyl (C=O) groups is 1. The van der Waals surface area contributed by atoms with Crippen LogP contribution in [-0.4, -0.2) is 56.8 Å². The maximum absolute atomic E-state index is 12.7. The van der Waals surface area contributed by atoms with Crippen LogP contribution in [0.3, 0.4) is 0 Å². The first-order valence-corrected chi connectivity index (χ1v) is 11.9. The second kappa shape index (κ2) is 10.7. The highest BCUT2D eigenvalue weighted by molar-refractivity contribution is 7.89. The van der Waals surface area contributed by atoms with Crippen molar-refractivity contribution in [2.75, 3.05) is 33.2 Å². The number of sulfonamides is 1. The second-order valence-electron chi connectivity index (χ2n) is 7.94. The molecule has 1 aliphatic rings. The van der Waals surface area contributed by atoms with Gasteiger partial charge in [0.25, 0.3) is 0 Å². The summed E-state index contributed by atoms with van der Waals surface area (Å²) in [6.45, 7) is 3.19. The van der Waals surface area contributed by atoms with Gasteiger partial charge in [-0.25, -0.2) is 8.42 Å². The minimum atomic E-state index is -3.44. The SMILES string of the molecule is CN(CCNC(=O)CC1CCN(S(=O)(=O)c2ccccc2)CC1)Cc1ccccc1. The molecule has 1 saturated heterocycles. The molecule has 0 atom stereocenters. The molecule has 7 heteroatoms. The number of hydrogen-bond donors (Lipinski definition) is 1. The van der Waals surface area contributed by atoms with E-state index in [1.807, 2.05) is 31.3 Å². The summed E-state index contributed by atoms with van der Waals surface area (Å²) in [4.78, 5) is 14.8. The molecule has 1 heterocycles. The van der Waals surface area contributed by atoms with Crippen molar-refractivity contribution >= 4 is 15.9 Å². The highest BCUT2D eigenvalue weighted by Gasteiger charge is 2.29. The number of piperidine rings is 1. The van der Waals surface area contributed by atoms with Crippen LogP contribution in [0.4, 0.5) is 0 Å². The van der Waals surface area contributed by atoms with Crippen molar-refractivity contribution in [2.45, 2.75) is 30.7 Å². The molecule has 1 aliphatic heterocycles. The molecule has 0 aromatic heterocycles. The molecule has 0 saturated carbocycles. The first kappa shape index (κ1) is 22.5. The number of hydrogen-bond acceptors (Lipinski definition) is 4. The average Bonchev–Trinajstić information content (AvgIpc) is 2.75. The summed E-state index contributed by atoms with van der Waals surface area (Å²) in [5.41, 5.74) is 1.25. The van der Waals surface area contributed by atoms with Crippen molar-refractivity contribution < 1.29 is 13.2 Å².